The maximum atomic E-state index is 14.7. The van der Waals surface area contributed by atoms with Crippen molar-refractivity contribution in [2.75, 3.05) is 59.0 Å². The molecular weight excluding hydrogens is 423 g/mol. The third-order valence-corrected chi connectivity index (χ3v) is 6.00. The van der Waals surface area contributed by atoms with Gasteiger partial charge in [0.25, 0.3) is 0 Å². The van der Waals surface area contributed by atoms with Crippen molar-refractivity contribution in [1.82, 2.24) is 4.90 Å². The molecule has 1 fully saturated rings. The summed E-state index contributed by atoms with van der Waals surface area (Å²) in [6.45, 7) is 6.32. The van der Waals surface area contributed by atoms with Crippen LogP contribution in [-0.4, -0.2) is 65.1 Å². The third kappa shape index (κ3) is 7.24. The van der Waals surface area contributed by atoms with Crippen LogP contribution in [0, 0.1) is 5.82 Å². The topological polar surface area (TPSA) is 43.4 Å². The Hall–Kier alpha value is -2.51. The molecule has 0 aromatic heterocycles. The zero-order valence-electron chi connectivity index (χ0n) is 20.3. The van der Waals surface area contributed by atoms with Crippen molar-refractivity contribution in [3.05, 3.63) is 47.8 Å². The second kappa shape index (κ2) is 12.7. The number of ether oxygens (including phenoxy) is 4. The normalized spacial score (nSPS) is 16.0. The van der Waals surface area contributed by atoms with Crippen LogP contribution >= 0.6 is 0 Å². The second-order valence-electron chi connectivity index (χ2n) is 8.42. The van der Waals surface area contributed by atoms with Gasteiger partial charge in [-0.25, -0.2) is 4.39 Å². The molecule has 0 amide bonds. The lowest BCUT2D eigenvalue weighted by Crippen LogP contribution is -2.35. The van der Waals surface area contributed by atoms with Crippen molar-refractivity contribution in [3.63, 3.8) is 0 Å². The molecule has 2 aromatic rings. The Bertz CT molecular complexity index is 873. The van der Waals surface area contributed by atoms with Crippen LogP contribution in [-0.2, 0) is 11.3 Å². The van der Waals surface area contributed by atoms with E-state index in [4.69, 9.17) is 18.9 Å². The third-order valence-electron chi connectivity index (χ3n) is 6.00. The second-order valence-corrected chi connectivity index (χ2v) is 8.42. The maximum absolute atomic E-state index is 14.7. The van der Waals surface area contributed by atoms with Crippen LogP contribution in [0.3, 0.4) is 0 Å². The fraction of sp³-hybridized carbons (Fsp3) is 0.538. The summed E-state index contributed by atoms with van der Waals surface area (Å²) in [4.78, 5) is 4.34. The van der Waals surface area contributed by atoms with E-state index in [-0.39, 0.29) is 11.6 Å². The molecule has 0 saturated carbocycles. The minimum absolute atomic E-state index is 0.287. The van der Waals surface area contributed by atoms with Crippen LogP contribution in [0.15, 0.2) is 36.4 Å². The first-order chi connectivity index (χ1) is 16.0. The van der Waals surface area contributed by atoms with Gasteiger partial charge in [-0.3, -0.25) is 0 Å². The molecule has 1 atom stereocenters. The molecular formula is C26H37FN2O4. The van der Waals surface area contributed by atoms with E-state index < -0.39 is 0 Å². The number of benzene rings is 2. The standard InChI is InChI=1S/C26H37FN2O4/c1-5-29(21-10-12-25(30-3)26(17-21)31-4)18-20-9-11-24(23(27)16-20)33-15-13-28(2)19-22-8-6-7-14-32-22/h9-12,16-17,22H,5-8,13-15,18-19H2,1-4H3/t22-/m1/s1. The smallest absolute Gasteiger partial charge is 0.165 e. The summed E-state index contributed by atoms with van der Waals surface area (Å²) >= 11 is 0. The summed E-state index contributed by atoms with van der Waals surface area (Å²) in [6.07, 6.45) is 3.79. The maximum Gasteiger partial charge on any atom is 0.165 e. The van der Waals surface area contributed by atoms with Gasteiger partial charge in [-0.1, -0.05) is 6.07 Å². The molecule has 1 aliphatic heterocycles. The van der Waals surface area contributed by atoms with Crippen LogP contribution in [0.2, 0.25) is 0 Å². The molecule has 0 bridgehead atoms. The molecule has 3 rings (SSSR count). The van der Waals surface area contributed by atoms with E-state index >= 15 is 0 Å². The predicted octanol–water partition coefficient (Wildman–Crippen LogP) is 4.75. The first kappa shape index (κ1) is 25.1. The Morgan fingerprint density at radius 1 is 1.03 bits per heavy atom. The molecule has 0 unspecified atom stereocenters. The largest absolute Gasteiger partial charge is 0.493 e. The molecule has 0 aliphatic carbocycles. The highest BCUT2D eigenvalue weighted by Gasteiger charge is 2.16. The Morgan fingerprint density at radius 3 is 2.48 bits per heavy atom. The van der Waals surface area contributed by atoms with Crippen LogP contribution < -0.4 is 19.1 Å². The monoisotopic (exact) mass is 460 g/mol. The molecule has 1 heterocycles. The highest BCUT2D eigenvalue weighted by Crippen LogP contribution is 2.32. The van der Waals surface area contributed by atoms with Gasteiger partial charge in [-0.05, 0) is 63.1 Å². The average molecular weight is 461 g/mol. The van der Waals surface area contributed by atoms with Gasteiger partial charge in [0.05, 0.1) is 20.3 Å². The number of nitrogens with zero attached hydrogens (tertiary/aromatic N) is 2. The number of anilines is 1. The zero-order valence-corrected chi connectivity index (χ0v) is 20.3. The van der Waals surface area contributed by atoms with E-state index in [2.05, 4.69) is 16.7 Å². The van der Waals surface area contributed by atoms with Crippen molar-refractivity contribution < 1.29 is 23.3 Å². The number of methoxy groups -OCH3 is 2. The van der Waals surface area contributed by atoms with Gasteiger partial charge in [0.1, 0.15) is 6.61 Å². The number of hydrogen-bond acceptors (Lipinski definition) is 6. The quantitative estimate of drug-likeness (QED) is 0.456. The highest BCUT2D eigenvalue weighted by atomic mass is 19.1. The van der Waals surface area contributed by atoms with Gasteiger partial charge in [0.15, 0.2) is 23.1 Å². The van der Waals surface area contributed by atoms with E-state index in [1.165, 1.54) is 6.42 Å². The van der Waals surface area contributed by atoms with Crippen molar-refractivity contribution in [2.24, 2.45) is 0 Å². The molecule has 182 valence electrons. The Morgan fingerprint density at radius 2 is 1.82 bits per heavy atom. The van der Waals surface area contributed by atoms with Gasteiger partial charge in [-0.2, -0.15) is 0 Å². The highest BCUT2D eigenvalue weighted by molar-refractivity contribution is 5.56. The summed E-state index contributed by atoms with van der Waals surface area (Å²) in [5, 5.41) is 0. The molecule has 33 heavy (non-hydrogen) atoms. The zero-order chi connectivity index (χ0) is 23.6. The lowest BCUT2D eigenvalue weighted by Gasteiger charge is -2.27. The number of likely N-dealkylation sites (N-methyl/N-ethyl adjacent to an activating group) is 1. The molecule has 2 aromatic carbocycles. The molecule has 1 aliphatic rings. The summed E-state index contributed by atoms with van der Waals surface area (Å²) in [6, 6.07) is 11.0. The minimum Gasteiger partial charge on any atom is -0.493 e. The van der Waals surface area contributed by atoms with Crippen molar-refractivity contribution in [2.45, 2.75) is 38.8 Å². The summed E-state index contributed by atoms with van der Waals surface area (Å²) in [5.41, 5.74) is 1.86. The predicted molar refractivity (Wildman–Crippen MR) is 129 cm³/mol. The van der Waals surface area contributed by atoms with E-state index in [1.54, 1.807) is 26.4 Å². The SMILES string of the molecule is CCN(Cc1ccc(OCCN(C)C[C@H]2CCCCO2)c(F)c1)c1ccc(OC)c(OC)c1. The Balaban J connectivity index is 1.53. The van der Waals surface area contributed by atoms with Gasteiger partial charge >= 0.3 is 0 Å². The van der Waals surface area contributed by atoms with Gasteiger partial charge in [-0.15, -0.1) is 0 Å². The molecule has 1 saturated heterocycles. The van der Waals surface area contributed by atoms with Crippen LogP contribution in [0.1, 0.15) is 31.7 Å². The van der Waals surface area contributed by atoms with E-state index in [0.717, 1.165) is 50.3 Å². The summed E-state index contributed by atoms with van der Waals surface area (Å²) < 4.78 is 36.9. The first-order valence-electron chi connectivity index (χ1n) is 11.7. The number of halogens is 1. The van der Waals surface area contributed by atoms with E-state index in [9.17, 15) is 4.39 Å². The van der Waals surface area contributed by atoms with Crippen molar-refractivity contribution in [1.29, 1.82) is 0 Å². The molecule has 0 radical (unpaired) electrons. The molecule has 7 heteroatoms. The summed E-state index contributed by atoms with van der Waals surface area (Å²) in [7, 11) is 5.28. The molecule has 0 spiro atoms. The summed E-state index contributed by atoms with van der Waals surface area (Å²) in [5.74, 6) is 1.30. The lowest BCUT2D eigenvalue weighted by atomic mass is 10.1. The van der Waals surface area contributed by atoms with Crippen molar-refractivity contribution in [3.8, 4) is 17.2 Å². The lowest BCUT2D eigenvalue weighted by molar-refractivity contribution is -0.00288. The Labute approximate surface area is 197 Å². The molecule has 0 N–H and O–H groups in total. The van der Waals surface area contributed by atoms with Crippen LogP contribution in [0.4, 0.5) is 10.1 Å². The van der Waals surface area contributed by atoms with Crippen molar-refractivity contribution >= 4 is 5.69 Å². The van der Waals surface area contributed by atoms with Gasteiger partial charge in [0.2, 0.25) is 0 Å². The van der Waals surface area contributed by atoms with Crippen LogP contribution in [0.5, 0.6) is 17.2 Å². The number of hydrogen-bond donors (Lipinski definition) is 0. The average Bonchev–Trinajstić information content (AvgIpc) is 2.84. The van der Waals surface area contributed by atoms with Crippen LogP contribution in [0.25, 0.3) is 0 Å². The van der Waals surface area contributed by atoms with E-state index in [0.29, 0.717) is 30.8 Å². The fourth-order valence-electron chi connectivity index (χ4n) is 4.09. The first-order valence-corrected chi connectivity index (χ1v) is 11.7. The minimum atomic E-state index is -0.339. The number of rotatable bonds is 12. The van der Waals surface area contributed by atoms with E-state index in [1.807, 2.05) is 31.3 Å². The van der Waals surface area contributed by atoms with Gasteiger partial charge < -0.3 is 28.7 Å². The fourth-order valence-corrected chi connectivity index (χ4v) is 4.09. The molecule has 6 nitrogen and oxygen atoms in total. The Kier molecular flexibility index (Phi) is 9.63. The van der Waals surface area contributed by atoms with Gasteiger partial charge in [0, 0.05) is 44.5 Å².